The smallest absolute Gasteiger partial charge is 0.268 e. The summed E-state index contributed by atoms with van der Waals surface area (Å²) in [5.74, 6) is -3.21. The van der Waals surface area contributed by atoms with E-state index in [4.69, 9.17) is 16.9 Å². The lowest BCUT2D eigenvalue weighted by atomic mass is 9.98. The molecule has 0 bridgehead atoms. The van der Waals surface area contributed by atoms with Gasteiger partial charge in [-0.1, -0.05) is 29.8 Å². The molecule has 1 saturated heterocycles. The van der Waals surface area contributed by atoms with Crippen LogP contribution in [0.4, 0.5) is 8.78 Å². The third-order valence-corrected chi connectivity index (χ3v) is 7.14. The average molecular weight is 494 g/mol. The van der Waals surface area contributed by atoms with Gasteiger partial charge in [-0.05, 0) is 59.7 Å². The van der Waals surface area contributed by atoms with Crippen LogP contribution in [0.25, 0.3) is 10.9 Å². The third-order valence-electron chi connectivity index (χ3n) is 6.89. The number of hydrogen-bond acceptors (Lipinski definition) is 4. The molecular weight excluding hydrogens is 472 g/mol. The van der Waals surface area contributed by atoms with Crippen molar-refractivity contribution >= 4 is 34.2 Å². The number of nitriles is 1. The van der Waals surface area contributed by atoms with Crippen LogP contribution in [0.1, 0.15) is 59.0 Å². The second-order valence-electron chi connectivity index (χ2n) is 9.29. The number of benzene rings is 2. The first kappa shape index (κ1) is 23.4. The van der Waals surface area contributed by atoms with Gasteiger partial charge in [0.2, 0.25) is 5.91 Å². The minimum atomic E-state index is -3.08. The molecule has 3 atom stereocenters. The topological polar surface area (TPSA) is 74.1 Å². The summed E-state index contributed by atoms with van der Waals surface area (Å²) in [6.07, 6.45) is 1.54. The molecule has 1 aliphatic carbocycles. The highest BCUT2D eigenvalue weighted by Crippen LogP contribution is 2.55. The molecular formula is C27H22ClF2N3O2. The number of pyridine rings is 1. The number of carbonyl (C=O) groups is 2. The van der Waals surface area contributed by atoms with Crippen molar-refractivity contribution in [2.24, 2.45) is 0 Å². The van der Waals surface area contributed by atoms with Crippen molar-refractivity contribution in [3.8, 4) is 6.07 Å². The number of rotatable bonds is 6. The largest absolute Gasteiger partial charge is 0.320 e. The fourth-order valence-corrected chi connectivity index (χ4v) is 5.10. The second kappa shape index (κ2) is 9.01. The molecule has 2 aromatic carbocycles. The lowest BCUT2D eigenvalue weighted by Gasteiger charge is -2.18. The number of halogens is 3. The van der Waals surface area contributed by atoms with Gasteiger partial charge >= 0.3 is 0 Å². The number of carbonyl (C=O) groups excluding carboxylic acids is 2. The molecule has 1 aromatic heterocycles. The van der Waals surface area contributed by atoms with E-state index >= 15 is 0 Å². The molecule has 2 heterocycles. The van der Waals surface area contributed by atoms with E-state index in [1.807, 2.05) is 42.5 Å². The van der Waals surface area contributed by atoms with Crippen molar-refractivity contribution in [1.82, 2.24) is 9.88 Å². The Bertz CT molecular complexity index is 1350. The van der Waals surface area contributed by atoms with Crippen LogP contribution in [0.2, 0.25) is 5.02 Å². The SMILES string of the molecule is N#C[C@@H]1CC(F)(F)CN1C(=O)CCC(=O)c1ccnc2ccc(C3CC3c3ccc(Cl)cc3)cc12. The van der Waals surface area contributed by atoms with Crippen molar-refractivity contribution in [2.45, 2.75) is 49.5 Å². The van der Waals surface area contributed by atoms with Gasteiger partial charge in [0.25, 0.3) is 5.92 Å². The van der Waals surface area contributed by atoms with Crippen LogP contribution in [-0.2, 0) is 4.79 Å². The number of likely N-dealkylation sites (tertiary alicyclic amines) is 1. The summed E-state index contributed by atoms with van der Waals surface area (Å²) >= 11 is 6.00. The van der Waals surface area contributed by atoms with Crippen LogP contribution in [0.3, 0.4) is 0 Å². The number of ketones is 1. The van der Waals surface area contributed by atoms with Crippen molar-refractivity contribution in [1.29, 1.82) is 5.26 Å². The summed E-state index contributed by atoms with van der Waals surface area (Å²) in [4.78, 5) is 30.8. The Morgan fingerprint density at radius 2 is 1.80 bits per heavy atom. The van der Waals surface area contributed by atoms with Gasteiger partial charge < -0.3 is 4.90 Å². The van der Waals surface area contributed by atoms with Crippen LogP contribution in [-0.4, -0.2) is 40.1 Å². The molecule has 1 amide bonds. The highest BCUT2D eigenvalue weighted by Gasteiger charge is 2.47. The number of Topliss-reactive ketones (excluding diaryl/α,β-unsaturated/α-hetero) is 1. The Hall–Kier alpha value is -3.37. The average Bonchev–Trinajstić information content (AvgIpc) is 3.58. The quantitative estimate of drug-likeness (QED) is 0.402. The van der Waals surface area contributed by atoms with E-state index in [-0.39, 0.29) is 18.6 Å². The Labute approximate surface area is 206 Å². The molecule has 2 aliphatic rings. The summed E-state index contributed by atoms with van der Waals surface area (Å²) in [5.41, 5.74) is 3.48. The first-order chi connectivity index (χ1) is 16.8. The van der Waals surface area contributed by atoms with Gasteiger partial charge in [0.15, 0.2) is 5.78 Å². The second-order valence-corrected chi connectivity index (χ2v) is 9.72. The standard InChI is InChI=1S/C27H22ClF2N3O2/c28-18-4-1-16(2-5-18)21-12-22(21)17-3-6-24-23(11-17)20(9-10-32-24)25(34)7-8-26(35)33-15-27(29,30)13-19(33)14-31/h1-6,9-11,19,21-22H,7-8,12-13,15H2/t19-,21?,22?/m0/s1. The third kappa shape index (κ3) is 4.76. The number of aromatic nitrogens is 1. The summed E-state index contributed by atoms with van der Waals surface area (Å²) in [6, 6.07) is 16.0. The number of nitrogens with zero attached hydrogens (tertiary/aromatic N) is 3. The van der Waals surface area contributed by atoms with E-state index in [1.165, 1.54) is 5.56 Å². The Morgan fingerprint density at radius 3 is 2.54 bits per heavy atom. The van der Waals surface area contributed by atoms with Crippen molar-refractivity contribution in [2.75, 3.05) is 6.54 Å². The monoisotopic (exact) mass is 493 g/mol. The van der Waals surface area contributed by atoms with Gasteiger partial charge in [-0.3, -0.25) is 14.6 Å². The van der Waals surface area contributed by atoms with E-state index in [9.17, 15) is 18.4 Å². The lowest BCUT2D eigenvalue weighted by molar-refractivity contribution is -0.132. The highest BCUT2D eigenvalue weighted by molar-refractivity contribution is 6.30. The van der Waals surface area contributed by atoms with E-state index in [2.05, 4.69) is 4.98 Å². The number of alkyl halides is 2. The van der Waals surface area contributed by atoms with E-state index in [0.29, 0.717) is 33.3 Å². The maximum absolute atomic E-state index is 13.7. The van der Waals surface area contributed by atoms with Crippen LogP contribution in [0.15, 0.2) is 54.7 Å². The Kier molecular flexibility index (Phi) is 6.02. The minimum absolute atomic E-state index is 0.126. The maximum Gasteiger partial charge on any atom is 0.268 e. The molecule has 1 aliphatic heterocycles. The van der Waals surface area contributed by atoms with Crippen molar-refractivity contribution in [3.05, 3.63) is 76.4 Å². The fraction of sp³-hybridized carbons (Fsp3) is 0.333. The van der Waals surface area contributed by atoms with Gasteiger partial charge in [-0.15, -0.1) is 0 Å². The van der Waals surface area contributed by atoms with Gasteiger partial charge in [0.1, 0.15) is 6.04 Å². The molecule has 2 unspecified atom stereocenters. The molecule has 8 heteroatoms. The molecule has 2 fully saturated rings. The fourth-order valence-electron chi connectivity index (χ4n) is 4.97. The molecule has 5 rings (SSSR count). The molecule has 3 aromatic rings. The van der Waals surface area contributed by atoms with Gasteiger partial charge in [0, 0.05) is 41.4 Å². The number of amides is 1. The molecule has 178 valence electrons. The lowest BCUT2D eigenvalue weighted by Crippen LogP contribution is -2.36. The van der Waals surface area contributed by atoms with Crippen LogP contribution in [0.5, 0.6) is 0 Å². The van der Waals surface area contributed by atoms with Gasteiger partial charge in [-0.25, -0.2) is 8.78 Å². The summed E-state index contributed by atoms with van der Waals surface area (Å²) in [6.45, 7) is -0.782. The normalized spacial score (nSPS) is 22.7. The van der Waals surface area contributed by atoms with E-state index in [1.54, 1.807) is 18.3 Å². The van der Waals surface area contributed by atoms with Crippen LogP contribution in [0, 0.1) is 11.3 Å². The molecule has 0 spiro atoms. The summed E-state index contributed by atoms with van der Waals surface area (Å²) < 4.78 is 27.3. The maximum atomic E-state index is 13.7. The first-order valence-corrected chi connectivity index (χ1v) is 11.9. The summed E-state index contributed by atoms with van der Waals surface area (Å²) in [5, 5.41) is 10.5. The van der Waals surface area contributed by atoms with E-state index in [0.717, 1.165) is 16.9 Å². The molecule has 0 radical (unpaired) electrons. The van der Waals surface area contributed by atoms with Gasteiger partial charge in [0.05, 0.1) is 18.1 Å². The zero-order valence-corrected chi connectivity index (χ0v) is 19.5. The summed E-state index contributed by atoms with van der Waals surface area (Å²) in [7, 11) is 0. The molecule has 0 N–H and O–H groups in total. The van der Waals surface area contributed by atoms with Crippen molar-refractivity contribution in [3.63, 3.8) is 0 Å². The van der Waals surface area contributed by atoms with Gasteiger partial charge in [-0.2, -0.15) is 5.26 Å². The molecule has 1 saturated carbocycles. The Balaban J connectivity index is 1.31. The zero-order valence-electron chi connectivity index (χ0n) is 18.8. The minimum Gasteiger partial charge on any atom is -0.320 e. The van der Waals surface area contributed by atoms with E-state index < -0.39 is 30.8 Å². The zero-order chi connectivity index (χ0) is 24.7. The van der Waals surface area contributed by atoms with Crippen molar-refractivity contribution < 1.29 is 18.4 Å². The first-order valence-electron chi connectivity index (χ1n) is 11.5. The van der Waals surface area contributed by atoms with Crippen LogP contribution >= 0.6 is 11.6 Å². The predicted octanol–water partition coefficient (Wildman–Crippen LogP) is 5.88. The molecule has 5 nitrogen and oxygen atoms in total. The Morgan fingerprint density at radius 1 is 1.09 bits per heavy atom. The number of fused-ring (bicyclic) bond motifs is 1. The molecule has 35 heavy (non-hydrogen) atoms. The highest BCUT2D eigenvalue weighted by atomic mass is 35.5. The number of hydrogen-bond donors (Lipinski definition) is 0. The van der Waals surface area contributed by atoms with Crippen LogP contribution < -0.4 is 0 Å². The predicted molar refractivity (Wildman–Crippen MR) is 128 cm³/mol.